The summed E-state index contributed by atoms with van der Waals surface area (Å²) in [5, 5.41) is 7.16. The summed E-state index contributed by atoms with van der Waals surface area (Å²) in [6.45, 7) is 0. The number of nitrogens with one attached hydrogen (secondary N) is 1. The highest BCUT2D eigenvalue weighted by molar-refractivity contribution is 7.90. The lowest BCUT2D eigenvalue weighted by Crippen LogP contribution is -2.12. The fraction of sp³-hybridized carbons (Fsp3) is 0.0417. The van der Waals surface area contributed by atoms with Gasteiger partial charge in [-0.15, -0.1) is 0 Å². The van der Waals surface area contributed by atoms with E-state index in [1.54, 1.807) is 30.3 Å². The molecule has 0 spiro atoms. The number of nitrogens with two attached hydrogens (primary N) is 1. The van der Waals surface area contributed by atoms with Crippen LogP contribution in [-0.2, 0) is 9.84 Å². The van der Waals surface area contributed by atoms with Crippen LogP contribution in [0.4, 0.5) is 10.1 Å². The number of carbonyl (C=O) groups is 2. The molecule has 4 rings (SSSR count). The van der Waals surface area contributed by atoms with E-state index in [0.717, 1.165) is 6.26 Å². The lowest BCUT2D eigenvalue weighted by Gasteiger charge is -2.06. The highest BCUT2D eigenvalue weighted by atomic mass is 32.2. The monoisotopic (exact) mass is 478 g/mol. The second kappa shape index (κ2) is 8.91. The Hall–Kier alpha value is -4.31. The summed E-state index contributed by atoms with van der Waals surface area (Å²) in [6, 6.07) is 17.8. The van der Waals surface area contributed by atoms with Gasteiger partial charge in [-0.05, 0) is 54.6 Å². The molecule has 0 radical (unpaired) electrons. The second-order valence-electron chi connectivity index (χ2n) is 7.51. The van der Waals surface area contributed by atoms with Crippen molar-refractivity contribution in [1.29, 1.82) is 0 Å². The first kappa shape index (κ1) is 22.9. The molecule has 4 aromatic rings. The molecule has 0 fully saturated rings. The predicted octanol–water partition coefficient (Wildman–Crippen LogP) is 3.43. The minimum absolute atomic E-state index is 0.128. The first-order valence-electron chi connectivity index (χ1n) is 9.99. The van der Waals surface area contributed by atoms with Crippen LogP contribution in [0.3, 0.4) is 0 Å². The topological polar surface area (TPSA) is 124 Å². The molecule has 0 saturated carbocycles. The fourth-order valence-corrected chi connectivity index (χ4v) is 3.92. The third kappa shape index (κ3) is 4.86. The van der Waals surface area contributed by atoms with Crippen molar-refractivity contribution in [2.45, 2.75) is 4.90 Å². The summed E-state index contributed by atoms with van der Waals surface area (Å²) in [6.07, 6.45) is 2.60. The molecule has 1 aromatic heterocycles. The standard InChI is InChI=1S/C24H19FN4O4S/c1-34(32,33)20-11-7-15(8-12-20)22-21(24(31)27-18-4-2-3-17(25)13-18)14-29(28-22)19-9-5-16(6-10-19)23(26)30/h2-14H,1H3,(H2,26,30)(H,27,31). The van der Waals surface area contributed by atoms with E-state index in [2.05, 4.69) is 10.4 Å². The predicted molar refractivity (Wildman–Crippen MR) is 125 cm³/mol. The molecule has 0 aliphatic heterocycles. The number of primary amides is 1. The molecule has 0 aliphatic carbocycles. The molecule has 0 unspecified atom stereocenters. The number of sulfone groups is 1. The van der Waals surface area contributed by atoms with E-state index in [0.29, 0.717) is 16.8 Å². The number of carbonyl (C=O) groups excluding carboxylic acids is 2. The van der Waals surface area contributed by atoms with Gasteiger partial charge in [0.05, 0.1) is 16.1 Å². The van der Waals surface area contributed by atoms with Crippen molar-refractivity contribution in [2.75, 3.05) is 11.6 Å². The maximum absolute atomic E-state index is 13.6. The average Bonchev–Trinajstić information content (AvgIpc) is 3.24. The van der Waals surface area contributed by atoms with Crippen LogP contribution in [0.25, 0.3) is 16.9 Å². The van der Waals surface area contributed by atoms with Crippen molar-refractivity contribution in [3.05, 3.63) is 95.9 Å². The largest absolute Gasteiger partial charge is 0.366 e. The van der Waals surface area contributed by atoms with Gasteiger partial charge in [0.2, 0.25) is 5.91 Å². The Morgan fingerprint density at radius 1 is 1.00 bits per heavy atom. The number of amides is 2. The van der Waals surface area contributed by atoms with Crippen molar-refractivity contribution < 1.29 is 22.4 Å². The Kier molecular flexibility index (Phi) is 5.99. The first-order valence-corrected chi connectivity index (χ1v) is 11.9. The van der Waals surface area contributed by atoms with Crippen LogP contribution < -0.4 is 11.1 Å². The van der Waals surface area contributed by atoms with Crippen LogP contribution in [0.15, 0.2) is 83.9 Å². The van der Waals surface area contributed by atoms with E-state index in [9.17, 15) is 22.4 Å². The Bertz CT molecular complexity index is 1490. The molecule has 10 heteroatoms. The number of rotatable bonds is 6. The van der Waals surface area contributed by atoms with Gasteiger partial charge in [-0.1, -0.05) is 18.2 Å². The second-order valence-corrected chi connectivity index (χ2v) is 9.52. The summed E-state index contributed by atoms with van der Waals surface area (Å²) in [4.78, 5) is 24.6. The molecule has 0 saturated heterocycles. The normalized spacial score (nSPS) is 11.2. The Labute approximate surface area is 194 Å². The van der Waals surface area contributed by atoms with E-state index in [-0.39, 0.29) is 21.8 Å². The quantitative estimate of drug-likeness (QED) is 0.439. The minimum Gasteiger partial charge on any atom is -0.366 e. The molecule has 1 heterocycles. The Morgan fingerprint density at radius 2 is 1.68 bits per heavy atom. The number of halogens is 1. The number of aromatic nitrogens is 2. The molecule has 3 N–H and O–H groups in total. The summed E-state index contributed by atoms with van der Waals surface area (Å²) in [7, 11) is -3.40. The highest BCUT2D eigenvalue weighted by Gasteiger charge is 2.20. The van der Waals surface area contributed by atoms with Gasteiger partial charge in [0, 0.05) is 29.3 Å². The van der Waals surface area contributed by atoms with E-state index in [1.165, 1.54) is 53.3 Å². The molecule has 0 aliphatic rings. The molecule has 0 atom stereocenters. The van der Waals surface area contributed by atoms with Crippen molar-refractivity contribution in [3.8, 4) is 16.9 Å². The zero-order valence-corrected chi connectivity index (χ0v) is 18.7. The molecule has 0 bridgehead atoms. The lowest BCUT2D eigenvalue weighted by atomic mass is 10.1. The fourth-order valence-electron chi connectivity index (χ4n) is 3.29. The number of benzene rings is 3. The lowest BCUT2D eigenvalue weighted by molar-refractivity contribution is 0.0997. The van der Waals surface area contributed by atoms with Gasteiger partial charge in [-0.25, -0.2) is 17.5 Å². The van der Waals surface area contributed by atoms with Gasteiger partial charge in [0.1, 0.15) is 11.5 Å². The SMILES string of the molecule is CS(=O)(=O)c1ccc(-c2nn(-c3ccc(C(N)=O)cc3)cc2C(=O)Nc2cccc(F)c2)cc1. The van der Waals surface area contributed by atoms with E-state index in [1.807, 2.05) is 0 Å². The first-order chi connectivity index (χ1) is 16.1. The van der Waals surface area contributed by atoms with Crippen molar-refractivity contribution in [3.63, 3.8) is 0 Å². The van der Waals surface area contributed by atoms with Crippen molar-refractivity contribution in [1.82, 2.24) is 9.78 Å². The van der Waals surface area contributed by atoms with Crippen LogP contribution in [0, 0.1) is 5.82 Å². The van der Waals surface area contributed by atoms with Crippen LogP contribution in [0.1, 0.15) is 20.7 Å². The third-order valence-electron chi connectivity index (χ3n) is 5.01. The van der Waals surface area contributed by atoms with Gasteiger partial charge < -0.3 is 11.1 Å². The molecule has 3 aromatic carbocycles. The molecular weight excluding hydrogens is 459 g/mol. The van der Waals surface area contributed by atoms with E-state index >= 15 is 0 Å². The van der Waals surface area contributed by atoms with Crippen LogP contribution in [-0.4, -0.2) is 36.3 Å². The van der Waals surface area contributed by atoms with Crippen LogP contribution >= 0.6 is 0 Å². The van der Waals surface area contributed by atoms with Crippen LogP contribution in [0.2, 0.25) is 0 Å². The minimum atomic E-state index is -3.40. The Balaban J connectivity index is 1.77. The zero-order chi connectivity index (χ0) is 24.5. The third-order valence-corrected chi connectivity index (χ3v) is 6.14. The molecule has 2 amide bonds. The van der Waals surface area contributed by atoms with Gasteiger partial charge in [-0.2, -0.15) is 5.10 Å². The van der Waals surface area contributed by atoms with Gasteiger partial charge in [0.15, 0.2) is 9.84 Å². The van der Waals surface area contributed by atoms with E-state index < -0.39 is 27.5 Å². The smallest absolute Gasteiger partial charge is 0.259 e. The number of hydrogen-bond acceptors (Lipinski definition) is 5. The summed E-state index contributed by atoms with van der Waals surface area (Å²) >= 11 is 0. The number of hydrogen-bond donors (Lipinski definition) is 2. The molecular formula is C24H19FN4O4S. The van der Waals surface area contributed by atoms with E-state index in [4.69, 9.17) is 5.73 Å². The summed E-state index contributed by atoms with van der Waals surface area (Å²) in [5.74, 6) is -1.61. The number of nitrogens with zero attached hydrogens (tertiary/aromatic N) is 2. The summed E-state index contributed by atoms with van der Waals surface area (Å²) < 4.78 is 38.6. The molecule has 8 nitrogen and oxygen atoms in total. The van der Waals surface area contributed by atoms with Crippen molar-refractivity contribution in [2.24, 2.45) is 5.73 Å². The van der Waals surface area contributed by atoms with Crippen molar-refractivity contribution >= 4 is 27.3 Å². The maximum Gasteiger partial charge on any atom is 0.259 e. The summed E-state index contributed by atoms with van der Waals surface area (Å²) in [5.41, 5.74) is 7.40. The maximum atomic E-state index is 13.6. The average molecular weight is 479 g/mol. The Morgan fingerprint density at radius 3 is 2.26 bits per heavy atom. The van der Waals surface area contributed by atoms with Gasteiger partial charge in [-0.3, -0.25) is 9.59 Å². The highest BCUT2D eigenvalue weighted by Crippen LogP contribution is 2.26. The van der Waals surface area contributed by atoms with Gasteiger partial charge in [0.25, 0.3) is 5.91 Å². The zero-order valence-electron chi connectivity index (χ0n) is 17.9. The molecule has 172 valence electrons. The number of anilines is 1. The van der Waals surface area contributed by atoms with Crippen LogP contribution in [0.5, 0.6) is 0 Å². The van der Waals surface area contributed by atoms with Gasteiger partial charge >= 0.3 is 0 Å². The molecule has 34 heavy (non-hydrogen) atoms.